The number of rotatable bonds is 4. The molecule has 0 amide bonds. The molecule has 0 radical (unpaired) electrons. The average Bonchev–Trinajstić information content (AvgIpc) is 2.90. The first kappa shape index (κ1) is 14.1. The number of hydrogen-bond acceptors (Lipinski definition) is 4. The lowest BCUT2D eigenvalue weighted by molar-refractivity contribution is -0.0197. The smallest absolute Gasteiger partial charge is 0.137 e. The van der Waals surface area contributed by atoms with E-state index in [1.165, 1.54) is 24.3 Å². The van der Waals surface area contributed by atoms with Crippen molar-refractivity contribution in [3.63, 3.8) is 0 Å². The largest absolute Gasteiger partial charge is 0.382 e. The van der Waals surface area contributed by atoms with Gasteiger partial charge in [0.05, 0.1) is 18.5 Å². The normalized spacial score (nSPS) is 15.3. The summed E-state index contributed by atoms with van der Waals surface area (Å²) in [5.41, 5.74) is -1.98. The second kappa shape index (κ2) is 5.35. The second-order valence-corrected chi connectivity index (χ2v) is 4.49. The number of benzene rings is 1. The zero-order valence-corrected chi connectivity index (χ0v) is 10.7. The number of aliphatic hydroxyl groups is 1. The van der Waals surface area contributed by atoms with Gasteiger partial charge in [0.2, 0.25) is 0 Å². The monoisotopic (exact) mass is 278 g/mol. The highest BCUT2D eigenvalue weighted by molar-refractivity contribution is 5.27. The van der Waals surface area contributed by atoms with Crippen LogP contribution in [-0.2, 0) is 12.1 Å². The first-order valence-corrected chi connectivity index (χ1v) is 5.87. The van der Waals surface area contributed by atoms with Crippen LogP contribution in [-0.4, -0.2) is 19.9 Å². The Balaban J connectivity index is 2.49. The molecule has 1 unspecified atom stereocenters. The van der Waals surface area contributed by atoms with Gasteiger partial charge in [0.25, 0.3) is 0 Å². The van der Waals surface area contributed by atoms with E-state index in [-0.39, 0.29) is 12.1 Å². The van der Waals surface area contributed by atoms with Gasteiger partial charge < -0.3 is 5.11 Å². The number of hydrogen-bond donors (Lipinski definition) is 1. The molecule has 1 aromatic heterocycles. The Labute approximate surface area is 114 Å². The minimum atomic E-state index is -1.83. The average molecular weight is 278 g/mol. The molecule has 2 rings (SSSR count). The summed E-state index contributed by atoms with van der Waals surface area (Å²) in [6.45, 7) is 1.30. The molecular weight excluding hydrogens is 266 g/mol. The summed E-state index contributed by atoms with van der Waals surface area (Å²) in [4.78, 5) is 3.73. The van der Waals surface area contributed by atoms with Gasteiger partial charge in [0.15, 0.2) is 0 Å². The number of aromatic nitrogens is 3. The lowest BCUT2D eigenvalue weighted by atomic mass is 9.82. The molecule has 7 heteroatoms. The molecule has 20 heavy (non-hydrogen) atoms. The highest BCUT2D eigenvalue weighted by atomic mass is 19.1. The topological polar surface area (TPSA) is 74.7 Å². The summed E-state index contributed by atoms with van der Waals surface area (Å²) < 4.78 is 28.2. The first-order valence-electron chi connectivity index (χ1n) is 5.87. The van der Waals surface area contributed by atoms with E-state index < -0.39 is 23.2 Å². The van der Waals surface area contributed by atoms with E-state index in [0.717, 1.165) is 12.1 Å². The lowest BCUT2D eigenvalue weighted by Crippen LogP contribution is -2.38. The van der Waals surface area contributed by atoms with Crippen LogP contribution in [0, 0.1) is 28.9 Å². The molecule has 2 atom stereocenters. The van der Waals surface area contributed by atoms with Crippen LogP contribution in [0.15, 0.2) is 30.9 Å². The van der Waals surface area contributed by atoms with Crippen molar-refractivity contribution in [1.82, 2.24) is 14.8 Å². The Morgan fingerprint density at radius 3 is 2.80 bits per heavy atom. The maximum atomic E-state index is 13.9. The van der Waals surface area contributed by atoms with Gasteiger partial charge in [-0.05, 0) is 13.0 Å². The third kappa shape index (κ3) is 2.51. The van der Waals surface area contributed by atoms with E-state index in [0.29, 0.717) is 6.07 Å². The summed E-state index contributed by atoms with van der Waals surface area (Å²) >= 11 is 0. The van der Waals surface area contributed by atoms with E-state index in [9.17, 15) is 13.9 Å². The molecule has 0 bridgehead atoms. The quantitative estimate of drug-likeness (QED) is 0.921. The fourth-order valence-corrected chi connectivity index (χ4v) is 1.96. The Kier molecular flexibility index (Phi) is 3.77. The summed E-state index contributed by atoms with van der Waals surface area (Å²) in [5.74, 6) is -2.58. The molecule has 5 nitrogen and oxygen atoms in total. The molecule has 1 aromatic carbocycles. The van der Waals surface area contributed by atoms with Crippen molar-refractivity contribution in [2.45, 2.75) is 19.1 Å². The molecule has 104 valence electrons. The Morgan fingerprint density at radius 1 is 1.50 bits per heavy atom. The van der Waals surface area contributed by atoms with E-state index in [4.69, 9.17) is 5.26 Å². The van der Waals surface area contributed by atoms with Crippen molar-refractivity contribution in [3.05, 3.63) is 48.1 Å². The van der Waals surface area contributed by atoms with Crippen LogP contribution in [0.2, 0.25) is 0 Å². The van der Waals surface area contributed by atoms with Crippen molar-refractivity contribution in [1.29, 1.82) is 5.26 Å². The van der Waals surface area contributed by atoms with Gasteiger partial charge in [-0.15, -0.1) is 0 Å². The highest BCUT2D eigenvalue weighted by Crippen LogP contribution is 2.33. The van der Waals surface area contributed by atoms with Crippen LogP contribution in [0.5, 0.6) is 0 Å². The molecule has 0 fully saturated rings. The minimum Gasteiger partial charge on any atom is -0.382 e. The van der Waals surface area contributed by atoms with Gasteiger partial charge in [-0.2, -0.15) is 10.4 Å². The van der Waals surface area contributed by atoms with Crippen LogP contribution in [0.25, 0.3) is 0 Å². The minimum absolute atomic E-state index is 0.150. The summed E-state index contributed by atoms with van der Waals surface area (Å²) in [7, 11) is 0. The lowest BCUT2D eigenvalue weighted by Gasteiger charge is -2.31. The standard InChI is InChI=1S/C13H12F2N4O/c1-9(5-16)13(20,6-19-8-17-7-18-19)11-3-2-10(14)4-12(11)15/h2-4,7-9,20H,6H2,1H3/t9?,13-/m1/s1. The molecule has 0 saturated heterocycles. The molecule has 0 spiro atoms. The maximum Gasteiger partial charge on any atom is 0.137 e. The summed E-state index contributed by atoms with van der Waals surface area (Å²) in [6.07, 6.45) is 2.61. The van der Waals surface area contributed by atoms with E-state index in [2.05, 4.69) is 10.1 Å². The SMILES string of the molecule is CC(C#N)[C@](O)(Cn1cncn1)c1ccc(F)cc1F. The predicted molar refractivity (Wildman–Crippen MR) is 65.1 cm³/mol. The van der Waals surface area contributed by atoms with Crippen LogP contribution in [0.3, 0.4) is 0 Å². The van der Waals surface area contributed by atoms with Crippen molar-refractivity contribution >= 4 is 0 Å². The van der Waals surface area contributed by atoms with E-state index in [1.807, 2.05) is 6.07 Å². The van der Waals surface area contributed by atoms with Crippen molar-refractivity contribution in [3.8, 4) is 6.07 Å². The number of nitrogens with zero attached hydrogens (tertiary/aromatic N) is 4. The molecular formula is C13H12F2N4O. The Hall–Kier alpha value is -2.33. The first-order chi connectivity index (χ1) is 9.47. The fourth-order valence-electron chi connectivity index (χ4n) is 1.96. The Morgan fingerprint density at radius 2 is 2.25 bits per heavy atom. The van der Waals surface area contributed by atoms with Gasteiger partial charge in [0, 0.05) is 11.6 Å². The molecule has 1 heterocycles. The predicted octanol–water partition coefficient (Wildman–Crippen LogP) is 1.60. The number of nitriles is 1. The number of halogens is 2. The summed E-state index contributed by atoms with van der Waals surface area (Å²) in [6, 6.07) is 4.73. The van der Waals surface area contributed by atoms with Gasteiger partial charge in [-0.3, -0.25) is 0 Å². The molecule has 2 aromatic rings. The maximum absolute atomic E-state index is 13.9. The Bertz CT molecular complexity index is 638. The van der Waals surface area contributed by atoms with Gasteiger partial charge in [-0.25, -0.2) is 18.4 Å². The van der Waals surface area contributed by atoms with Gasteiger partial charge in [0.1, 0.15) is 29.9 Å². The van der Waals surface area contributed by atoms with Crippen LogP contribution >= 0.6 is 0 Å². The van der Waals surface area contributed by atoms with Crippen molar-refractivity contribution in [2.75, 3.05) is 0 Å². The molecule has 1 N–H and O–H groups in total. The third-order valence-corrected chi connectivity index (χ3v) is 3.18. The molecule has 0 aliphatic carbocycles. The fraction of sp³-hybridized carbons (Fsp3) is 0.308. The van der Waals surface area contributed by atoms with Crippen molar-refractivity contribution < 1.29 is 13.9 Å². The third-order valence-electron chi connectivity index (χ3n) is 3.18. The van der Waals surface area contributed by atoms with Crippen molar-refractivity contribution in [2.24, 2.45) is 5.92 Å². The molecule has 0 saturated carbocycles. The molecule has 0 aliphatic rings. The summed E-state index contributed by atoms with van der Waals surface area (Å²) in [5, 5.41) is 23.6. The molecule has 0 aliphatic heterocycles. The van der Waals surface area contributed by atoms with Crippen LogP contribution in [0.1, 0.15) is 12.5 Å². The van der Waals surface area contributed by atoms with E-state index >= 15 is 0 Å². The van der Waals surface area contributed by atoms with Crippen LogP contribution in [0.4, 0.5) is 8.78 Å². The van der Waals surface area contributed by atoms with Crippen LogP contribution < -0.4 is 0 Å². The van der Waals surface area contributed by atoms with E-state index in [1.54, 1.807) is 0 Å². The second-order valence-electron chi connectivity index (χ2n) is 4.49. The zero-order chi connectivity index (χ0) is 14.8. The zero-order valence-electron chi connectivity index (χ0n) is 10.7. The van der Waals surface area contributed by atoms with Gasteiger partial charge in [-0.1, -0.05) is 6.07 Å². The van der Waals surface area contributed by atoms with Gasteiger partial charge >= 0.3 is 0 Å². The highest BCUT2D eigenvalue weighted by Gasteiger charge is 2.39.